The fourth-order valence-corrected chi connectivity index (χ4v) is 1.37. The van der Waals surface area contributed by atoms with Crippen LogP contribution in [0, 0.1) is 5.92 Å². The van der Waals surface area contributed by atoms with Gasteiger partial charge in [-0.25, -0.2) is 0 Å². The van der Waals surface area contributed by atoms with Gasteiger partial charge in [-0.3, -0.25) is 0 Å². The smallest absolute Gasteiger partial charge is 0.0740 e. The molecule has 5 heteroatoms. The van der Waals surface area contributed by atoms with Gasteiger partial charge < -0.3 is 20.5 Å². The van der Waals surface area contributed by atoms with Crippen LogP contribution in [0.1, 0.15) is 13.3 Å². The normalized spacial score (nSPS) is 13.1. The number of hydrogen-bond acceptors (Lipinski definition) is 4. The summed E-state index contributed by atoms with van der Waals surface area (Å²) in [4.78, 5) is 2.75. The molecule has 3 N–H and O–H groups in total. The zero-order chi connectivity index (χ0) is 11.7. The van der Waals surface area contributed by atoms with Crippen molar-refractivity contribution in [2.24, 2.45) is 11.7 Å². The van der Waals surface area contributed by atoms with Crippen molar-refractivity contribution in [3.8, 4) is 0 Å². The molecule has 90 valence electrons. The lowest BCUT2D eigenvalue weighted by molar-refractivity contribution is 0.125. The van der Waals surface area contributed by atoms with Crippen LogP contribution in [0.2, 0.25) is 0 Å². The number of methoxy groups -OCH3 is 1. The van der Waals surface area contributed by atoms with Crippen LogP contribution in [0.5, 0.6) is 0 Å². The van der Waals surface area contributed by atoms with Gasteiger partial charge in [0.25, 0.3) is 0 Å². The minimum atomic E-state index is 0.205. The fraction of sp³-hybridized carbons (Fsp3) is 0.900. The summed E-state index contributed by atoms with van der Waals surface area (Å²) in [5, 5.41) is 8.98. The second-order valence-electron chi connectivity index (χ2n) is 3.80. The average molecular weight is 234 g/mol. The summed E-state index contributed by atoms with van der Waals surface area (Å²) >= 11 is 4.84. The number of hydrogen-bond donors (Lipinski definition) is 2. The molecule has 0 saturated heterocycles. The molecule has 0 aromatic carbocycles. The van der Waals surface area contributed by atoms with Crippen LogP contribution in [0.3, 0.4) is 0 Å². The van der Waals surface area contributed by atoms with E-state index in [1.807, 2.05) is 6.92 Å². The lowest BCUT2D eigenvalue weighted by atomic mass is 10.2. The molecule has 0 aliphatic carbocycles. The first-order chi connectivity index (χ1) is 7.10. The summed E-state index contributed by atoms with van der Waals surface area (Å²) in [6, 6.07) is 0. The first kappa shape index (κ1) is 14.8. The minimum absolute atomic E-state index is 0.205. The monoisotopic (exact) mass is 234 g/mol. The molecule has 0 aromatic heterocycles. The zero-order valence-electron chi connectivity index (χ0n) is 9.61. The standard InChI is InChI=1S/C10H22N2O2S/c1-9(8-13)7-12(5-6-14-2)4-3-10(11)15/h9,13H,3-8H2,1-2H3,(H2,11,15). The Hall–Kier alpha value is -0.230. The van der Waals surface area contributed by atoms with Gasteiger partial charge in [0.15, 0.2) is 0 Å². The number of nitrogens with zero attached hydrogens (tertiary/aromatic N) is 1. The van der Waals surface area contributed by atoms with Gasteiger partial charge in [0, 0.05) is 39.8 Å². The van der Waals surface area contributed by atoms with E-state index in [0.29, 0.717) is 11.6 Å². The summed E-state index contributed by atoms with van der Waals surface area (Å²) < 4.78 is 5.03. The molecule has 0 heterocycles. The Bertz CT molecular complexity index is 179. The molecule has 0 radical (unpaired) electrons. The molecule has 0 aliphatic rings. The molecule has 0 spiro atoms. The minimum Gasteiger partial charge on any atom is -0.396 e. The highest BCUT2D eigenvalue weighted by atomic mass is 32.1. The number of thiocarbonyl (C=S) groups is 1. The fourth-order valence-electron chi connectivity index (χ4n) is 1.28. The van der Waals surface area contributed by atoms with Gasteiger partial charge in [0.2, 0.25) is 0 Å². The average Bonchev–Trinajstić information content (AvgIpc) is 2.21. The van der Waals surface area contributed by atoms with Gasteiger partial charge in [0.05, 0.1) is 11.6 Å². The maximum Gasteiger partial charge on any atom is 0.0740 e. The van der Waals surface area contributed by atoms with Crippen molar-refractivity contribution in [2.45, 2.75) is 13.3 Å². The molecule has 1 atom stereocenters. The van der Waals surface area contributed by atoms with E-state index in [1.54, 1.807) is 7.11 Å². The third kappa shape index (κ3) is 8.74. The summed E-state index contributed by atoms with van der Waals surface area (Å²) in [6.07, 6.45) is 0.719. The largest absolute Gasteiger partial charge is 0.396 e. The highest BCUT2D eigenvalue weighted by molar-refractivity contribution is 7.80. The molecule has 4 nitrogen and oxygen atoms in total. The van der Waals surface area contributed by atoms with Crippen LogP contribution in [0.15, 0.2) is 0 Å². The van der Waals surface area contributed by atoms with E-state index in [0.717, 1.165) is 26.1 Å². The second-order valence-corrected chi connectivity index (χ2v) is 4.32. The summed E-state index contributed by atoms with van der Waals surface area (Å²) in [5.41, 5.74) is 5.46. The predicted octanol–water partition coefficient (Wildman–Crippen LogP) is 0.239. The van der Waals surface area contributed by atoms with Crippen molar-refractivity contribution in [3.05, 3.63) is 0 Å². The Morgan fingerprint density at radius 1 is 1.53 bits per heavy atom. The van der Waals surface area contributed by atoms with Crippen molar-refractivity contribution in [1.82, 2.24) is 4.90 Å². The molecule has 15 heavy (non-hydrogen) atoms. The third-order valence-electron chi connectivity index (χ3n) is 2.17. The zero-order valence-corrected chi connectivity index (χ0v) is 10.4. The van der Waals surface area contributed by atoms with Crippen LogP contribution in [0.4, 0.5) is 0 Å². The van der Waals surface area contributed by atoms with Crippen LogP contribution >= 0.6 is 12.2 Å². The molecule has 0 fully saturated rings. The van der Waals surface area contributed by atoms with Crippen molar-refractivity contribution < 1.29 is 9.84 Å². The van der Waals surface area contributed by atoms with Crippen molar-refractivity contribution in [2.75, 3.05) is 40.0 Å². The molecular weight excluding hydrogens is 212 g/mol. The Labute approximate surface area is 97.4 Å². The van der Waals surface area contributed by atoms with Gasteiger partial charge in [-0.15, -0.1) is 0 Å². The van der Waals surface area contributed by atoms with E-state index in [-0.39, 0.29) is 12.5 Å². The first-order valence-electron chi connectivity index (χ1n) is 5.20. The highest BCUT2D eigenvalue weighted by Gasteiger charge is 2.09. The number of rotatable bonds is 9. The molecule has 0 aromatic rings. The molecular formula is C10H22N2O2S. The number of aliphatic hydroxyl groups excluding tert-OH is 1. The van der Waals surface area contributed by atoms with E-state index in [4.69, 9.17) is 27.8 Å². The maximum absolute atomic E-state index is 8.98. The van der Waals surface area contributed by atoms with Crippen LogP contribution < -0.4 is 5.73 Å². The van der Waals surface area contributed by atoms with E-state index in [9.17, 15) is 0 Å². The lowest BCUT2D eigenvalue weighted by Gasteiger charge is -2.24. The molecule has 0 rings (SSSR count). The molecule has 0 bridgehead atoms. The van der Waals surface area contributed by atoms with E-state index in [2.05, 4.69) is 4.90 Å². The second kappa shape index (κ2) is 9.03. The molecule has 0 saturated carbocycles. The number of ether oxygens (including phenoxy) is 1. The van der Waals surface area contributed by atoms with Gasteiger partial charge in [-0.1, -0.05) is 19.1 Å². The van der Waals surface area contributed by atoms with E-state index >= 15 is 0 Å². The highest BCUT2D eigenvalue weighted by Crippen LogP contribution is 2.00. The first-order valence-corrected chi connectivity index (χ1v) is 5.61. The maximum atomic E-state index is 8.98. The van der Waals surface area contributed by atoms with Crippen LogP contribution in [-0.4, -0.2) is 55.0 Å². The molecule has 0 amide bonds. The Kier molecular flexibility index (Phi) is 8.89. The van der Waals surface area contributed by atoms with E-state index < -0.39 is 0 Å². The molecule has 0 aliphatic heterocycles. The van der Waals surface area contributed by atoms with Crippen molar-refractivity contribution in [1.29, 1.82) is 0 Å². The Morgan fingerprint density at radius 3 is 2.67 bits per heavy atom. The summed E-state index contributed by atoms with van der Waals surface area (Å²) in [6.45, 7) is 5.45. The van der Waals surface area contributed by atoms with Crippen molar-refractivity contribution in [3.63, 3.8) is 0 Å². The van der Waals surface area contributed by atoms with Gasteiger partial charge in [0.1, 0.15) is 0 Å². The molecule has 1 unspecified atom stereocenters. The van der Waals surface area contributed by atoms with Gasteiger partial charge in [-0.2, -0.15) is 0 Å². The topological polar surface area (TPSA) is 58.7 Å². The SMILES string of the molecule is COCCN(CCC(N)=S)CC(C)CO. The van der Waals surface area contributed by atoms with Crippen LogP contribution in [0.25, 0.3) is 0 Å². The predicted molar refractivity (Wildman–Crippen MR) is 66.0 cm³/mol. The van der Waals surface area contributed by atoms with E-state index in [1.165, 1.54) is 0 Å². The van der Waals surface area contributed by atoms with Crippen LogP contribution in [-0.2, 0) is 4.74 Å². The lowest BCUT2D eigenvalue weighted by Crippen LogP contribution is -2.35. The Morgan fingerprint density at radius 2 is 2.20 bits per heavy atom. The Balaban J connectivity index is 3.88. The van der Waals surface area contributed by atoms with Crippen molar-refractivity contribution >= 4 is 17.2 Å². The number of aliphatic hydroxyl groups is 1. The summed E-state index contributed by atoms with van der Waals surface area (Å²) in [5.74, 6) is 0.271. The number of nitrogens with two attached hydrogens (primary N) is 1. The summed E-state index contributed by atoms with van der Waals surface area (Å²) in [7, 11) is 1.68. The third-order valence-corrected chi connectivity index (χ3v) is 2.37. The van der Waals surface area contributed by atoms with Gasteiger partial charge >= 0.3 is 0 Å². The van der Waals surface area contributed by atoms with Gasteiger partial charge in [-0.05, 0) is 5.92 Å². The quantitative estimate of drug-likeness (QED) is 0.560.